The van der Waals surface area contributed by atoms with E-state index in [1.807, 2.05) is 24.3 Å². The van der Waals surface area contributed by atoms with Crippen molar-refractivity contribution in [2.24, 2.45) is 5.92 Å². The molecule has 0 amide bonds. The van der Waals surface area contributed by atoms with Gasteiger partial charge in [0, 0.05) is 29.6 Å². The van der Waals surface area contributed by atoms with E-state index in [0.29, 0.717) is 17.2 Å². The Hall–Kier alpha value is -2.24. The molecule has 176 valence electrons. The van der Waals surface area contributed by atoms with Crippen LogP contribution in [0.25, 0.3) is 0 Å². The van der Waals surface area contributed by atoms with E-state index in [1.165, 1.54) is 12.0 Å². The number of rotatable bonds is 9. The van der Waals surface area contributed by atoms with E-state index in [-0.39, 0.29) is 17.7 Å². The molecule has 6 heteroatoms. The molecule has 0 saturated carbocycles. The van der Waals surface area contributed by atoms with Crippen molar-refractivity contribution in [2.45, 2.75) is 64.3 Å². The number of carbonyl (C=O) groups is 2. The number of hydrogen-bond donors (Lipinski definition) is 1. The molecule has 1 unspecified atom stereocenters. The lowest BCUT2D eigenvalue weighted by Crippen LogP contribution is -2.41. The second kappa shape index (κ2) is 11.3. The number of fused-ring (bicyclic) bond motifs is 1. The number of benzene rings is 1. The first kappa shape index (κ1) is 23.9. The Balaban J connectivity index is 1.21. The predicted molar refractivity (Wildman–Crippen MR) is 133 cm³/mol. The van der Waals surface area contributed by atoms with Gasteiger partial charge in [-0.15, -0.1) is 0 Å². The van der Waals surface area contributed by atoms with Crippen molar-refractivity contribution in [3.05, 3.63) is 58.2 Å². The second-order valence-corrected chi connectivity index (χ2v) is 9.83. The predicted octanol–water partition coefficient (Wildman–Crippen LogP) is 5.42. The molecule has 2 aliphatic heterocycles. The monoisotopic (exact) mass is 467 g/mol. The fraction of sp³-hybridized carbons (Fsp3) is 0.519. The van der Waals surface area contributed by atoms with Crippen LogP contribution in [0.1, 0.15) is 68.3 Å². The van der Waals surface area contributed by atoms with E-state index in [1.54, 1.807) is 6.92 Å². The van der Waals surface area contributed by atoms with E-state index in [2.05, 4.69) is 22.3 Å². The lowest BCUT2D eigenvalue weighted by atomic mass is 9.88. The summed E-state index contributed by atoms with van der Waals surface area (Å²) in [4.78, 5) is 32.1. The highest BCUT2D eigenvalue weighted by Gasteiger charge is 2.31. The van der Waals surface area contributed by atoms with Gasteiger partial charge in [-0.1, -0.05) is 29.8 Å². The van der Waals surface area contributed by atoms with Gasteiger partial charge in [0.05, 0.1) is 6.04 Å². The van der Waals surface area contributed by atoms with Gasteiger partial charge in [0.25, 0.3) is 0 Å². The number of aromatic nitrogens is 1. The third-order valence-electron chi connectivity index (χ3n) is 6.98. The molecule has 1 aromatic carbocycles. The van der Waals surface area contributed by atoms with Crippen LogP contribution in [-0.2, 0) is 22.4 Å². The number of unbranched alkanes of at least 4 members (excludes halogenated alkanes) is 1. The Morgan fingerprint density at radius 2 is 1.88 bits per heavy atom. The van der Waals surface area contributed by atoms with Crippen LogP contribution in [0, 0.1) is 5.92 Å². The summed E-state index contributed by atoms with van der Waals surface area (Å²) < 4.78 is 0. The summed E-state index contributed by atoms with van der Waals surface area (Å²) in [6.07, 6.45) is 7.39. The van der Waals surface area contributed by atoms with Gasteiger partial charge >= 0.3 is 0 Å². The maximum atomic E-state index is 12.8. The highest BCUT2D eigenvalue weighted by molar-refractivity contribution is 6.30. The Kier molecular flexibility index (Phi) is 8.15. The molecule has 0 bridgehead atoms. The Morgan fingerprint density at radius 3 is 2.61 bits per heavy atom. The van der Waals surface area contributed by atoms with Crippen molar-refractivity contribution in [1.29, 1.82) is 0 Å². The number of ketones is 2. The Morgan fingerprint density at radius 1 is 1.12 bits per heavy atom. The molecule has 2 aromatic rings. The van der Waals surface area contributed by atoms with Crippen LogP contribution in [0.3, 0.4) is 0 Å². The second-order valence-electron chi connectivity index (χ2n) is 9.39. The van der Waals surface area contributed by atoms with E-state index >= 15 is 0 Å². The number of halogens is 1. The summed E-state index contributed by atoms with van der Waals surface area (Å²) in [7, 11) is 0. The summed E-state index contributed by atoms with van der Waals surface area (Å²) in [5.74, 6) is 1.67. The Labute approximate surface area is 201 Å². The number of piperidine rings is 1. The SMILES string of the molecule is CC(=O)C(c1ccc(Cl)cc1)N1CCC(C(=O)CCCCc2ccc3c(n2)NCCC3)CC1. The topological polar surface area (TPSA) is 62.3 Å². The molecular weight excluding hydrogens is 434 g/mol. The van der Waals surface area contributed by atoms with Crippen LogP contribution in [-0.4, -0.2) is 41.1 Å². The van der Waals surface area contributed by atoms with Gasteiger partial charge in [0.2, 0.25) is 0 Å². The Bertz CT molecular complexity index is 968. The number of carbonyl (C=O) groups excluding carboxylic acids is 2. The molecule has 2 aliphatic rings. The molecule has 1 atom stereocenters. The van der Waals surface area contributed by atoms with Gasteiger partial charge in [0.15, 0.2) is 5.78 Å². The van der Waals surface area contributed by atoms with Gasteiger partial charge in [-0.05, 0) is 94.3 Å². The first-order valence-corrected chi connectivity index (χ1v) is 12.6. The first-order valence-electron chi connectivity index (χ1n) is 12.3. The highest BCUT2D eigenvalue weighted by Crippen LogP contribution is 2.29. The van der Waals surface area contributed by atoms with Gasteiger partial charge in [-0.25, -0.2) is 4.98 Å². The zero-order chi connectivity index (χ0) is 23.2. The number of likely N-dealkylation sites (tertiary alicyclic amines) is 1. The molecule has 3 heterocycles. The minimum Gasteiger partial charge on any atom is -0.370 e. The number of pyridine rings is 1. The maximum Gasteiger partial charge on any atom is 0.151 e. The standard InChI is InChI=1S/C27H34ClN3O2/c1-19(32)26(21-8-11-23(28)12-9-21)31-17-14-20(15-18-31)25(33)7-3-2-6-24-13-10-22-5-4-16-29-27(22)30-24/h8-13,20,26H,2-7,14-18H2,1H3,(H,29,30). The number of nitrogens with zero attached hydrogens (tertiary/aromatic N) is 2. The van der Waals surface area contributed by atoms with E-state index in [9.17, 15) is 9.59 Å². The average molecular weight is 468 g/mol. The number of anilines is 1. The smallest absolute Gasteiger partial charge is 0.151 e. The minimum atomic E-state index is -0.253. The van der Waals surface area contributed by atoms with Crippen LogP contribution >= 0.6 is 11.6 Å². The van der Waals surface area contributed by atoms with Crippen LogP contribution < -0.4 is 5.32 Å². The molecule has 1 aromatic heterocycles. The summed E-state index contributed by atoms with van der Waals surface area (Å²) in [5, 5.41) is 4.06. The van der Waals surface area contributed by atoms with Crippen molar-refractivity contribution in [2.75, 3.05) is 25.0 Å². The molecular formula is C27H34ClN3O2. The quantitative estimate of drug-likeness (QED) is 0.499. The van der Waals surface area contributed by atoms with Crippen molar-refractivity contribution in [1.82, 2.24) is 9.88 Å². The third kappa shape index (κ3) is 6.21. The van der Waals surface area contributed by atoms with E-state index < -0.39 is 0 Å². The summed E-state index contributed by atoms with van der Waals surface area (Å²) in [6, 6.07) is 11.6. The van der Waals surface area contributed by atoms with Gasteiger partial charge in [0.1, 0.15) is 11.6 Å². The minimum absolute atomic E-state index is 0.116. The first-order chi connectivity index (χ1) is 16.0. The number of aryl methyl sites for hydroxylation is 2. The van der Waals surface area contributed by atoms with Crippen LogP contribution in [0.15, 0.2) is 36.4 Å². The highest BCUT2D eigenvalue weighted by atomic mass is 35.5. The van der Waals surface area contributed by atoms with Crippen molar-refractivity contribution >= 4 is 29.0 Å². The molecule has 4 rings (SSSR count). The largest absolute Gasteiger partial charge is 0.370 e. The van der Waals surface area contributed by atoms with Crippen LogP contribution in [0.5, 0.6) is 0 Å². The van der Waals surface area contributed by atoms with E-state index in [0.717, 1.165) is 75.2 Å². The van der Waals surface area contributed by atoms with Crippen molar-refractivity contribution in [3.63, 3.8) is 0 Å². The average Bonchev–Trinajstić information content (AvgIpc) is 2.83. The molecule has 0 radical (unpaired) electrons. The summed E-state index contributed by atoms with van der Waals surface area (Å²) in [6.45, 7) is 4.19. The summed E-state index contributed by atoms with van der Waals surface area (Å²) >= 11 is 6.01. The molecule has 1 fully saturated rings. The van der Waals surface area contributed by atoms with Crippen LogP contribution in [0.2, 0.25) is 5.02 Å². The van der Waals surface area contributed by atoms with Gasteiger partial charge in [-0.3, -0.25) is 14.5 Å². The number of hydrogen-bond acceptors (Lipinski definition) is 5. The zero-order valence-corrected chi connectivity index (χ0v) is 20.2. The number of Topliss-reactive ketones (excluding diaryl/α,β-unsaturated/α-hetero) is 2. The van der Waals surface area contributed by atoms with Crippen molar-refractivity contribution < 1.29 is 9.59 Å². The maximum absolute atomic E-state index is 12.8. The van der Waals surface area contributed by atoms with E-state index in [4.69, 9.17) is 16.6 Å². The van der Waals surface area contributed by atoms with Gasteiger partial charge < -0.3 is 5.32 Å². The van der Waals surface area contributed by atoms with Crippen LogP contribution in [0.4, 0.5) is 5.82 Å². The zero-order valence-electron chi connectivity index (χ0n) is 19.5. The number of nitrogens with one attached hydrogen (secondary N) is 1. The third-order valence-corrected chi connectivity index (χ3v) is 7.23. The molecule has 5 nitrogen and oxygen atoms in total. The lowest BCUT2D eigenvalue weighted by Gasteiger charge is -2.36. The van der Waals surface area contributed by atoms with Gasteiger partial charge in [-0.2, -0.15) is 0 Å². The normalized spacial score (nSPS) is 17.8. The molecule has 1 N–H and O–H groups in total. The molecule has 1 saturated heterocycles. The molecule has 0 spiro atoms. The molecule has 33 heavy (non-hydrogen) atoms. The summed E-state index contributed by atoms with van der Waals surface area (Å²) in [5.41, 5.74) is 3.40. The lowest BCUT2D eigenvalue weighted by molar-refractivity contribution is -0.126. The fourth-order valence-electron chi connectivity index (χ4n) is 5.14. The van der Waals surface area contributed by atoms with Crippen molar-refractivity contribution in [3.8, 4) is 0 Å². The molecule has 0 aliphatic carbocycles. The fourth-order valence-corrected chi connectivity index (χ4v) is 5.27.